The molecule has 0 aliphatic heterocycles. The summed E-state index contributed by atoms with van der Waals surface area (Å²) in [5.41, 5.74) is 5.46. The van der Waals surface area contributed by atoms with Crippen LogP contribution in [0.3, 0.4) is 0 Å². The molecule has 0 saturated carbocycles. The molecule has 0 atom stereocenters. The first-order valence-electron chi connectivity index (χ1n) is 10.1. The molecule has 3 amide bonds. The Morgan fingerprint density at radius 1 is 1.09 bits per heavy atom. The number of rotatable bonds is 8. The molecule has 2 rings (SSSR count). The maximum atomic E-state index is 12.3. The molecule has 8 nitrogen and oxygen atoms in total. The lowest BCUT2D eigenvalue weighted by Crippen LogP contribution is -2.39. The summed E-state index contributed by atoms with van der Waals surface area (Å²) in [6.45, 7) is 7.94. The molecule has 0 radical (unpaired) electrons. The Bertz CT molecular complexity index is 998. The topological polar surface area (TPSA) is 109 Å². The normalized spacial score (nSPS) is 10.8. The van der Waals surface area contributed by atoms with Gasteiger partial charge in [0.05, 0.1) is 6.21 Å². The van der Waals surface area contributed by atoms with Crippen molar-refractivity contribution < 1.29 is 19.1 Å². The van der Waals surface area contributed by atoms with Crippen molar-refractivity contribution in [2.45, 2.75) is 27.7 Å². The second-order valence-corrected chi connectivity index (χ2v) is 8.54. The molecule has 2 aromatic rings. The van der Waals surface area contributed by atoms with E-state index in [4.69, 9.17) is 4.74 Å². The van der Waals surface area contributed by atoms with Crippen LogP contribution < -0.4 is 20.8 Å². The smallest absolute Gasteiger partial charge is 0.329 e. The zero-order valence-electron chi connectivity index (χ0n) is 18.5. The Balaban J connectivity index is 1.87. The van der Waals surface area contributed by atoms with E-state index in [1.54, 1.807) is 24.3 Å². The number of aryl methyl sites for hydroxylation is 2. The summed E-state index contributed by atoms with van der Waals surface area (Å²) in [4.78, 5) is 35.6. The van der Waals surface area contributed by atoms with Gasteiger partial charge in [0.15, 0.2) is 6.61 Å². The van der Waals surface area contributed by atoms with Crippen molar-refractivity contribution in [1.82, 2.24) is 10.7 Å². The van der Waals surface area contributed by atoms with Gasteiger partial charge in [0.2, 0.25) is 0 Å². The molecule has 0 aromatic heterocycles. The summed E-state index contributed by atoms with van der Waals surface area (Å²) in [5, 5.41) is 9.16. The van der Waals surface area contributed by atoms with Crippen LogP contribution in [0.4, 0.5) is 5.69 Å². The third-order valence-corrected chi connectivity index (χ3v) is 4.70. The van der Waals surface area contributed by atoms with Gasteiger partial charge in [0, 0.05) is 16.7 Å². The summed E-state index contributed by atoms with van der Waals surface area (Å²) in [6, 6.07) is 10.7. The van der Waals surface area contributed by atoms with E-state index < -0.39 is 11.8 Å². The van der Waals surface area contributed by atoms with Crippen LogP contribution in [0.1, 0.15) is 30.5 Å². The van der Waals surface area contributed by atoms with Gasteiger partial charge in [-0.05, 0) is 60.7 Å². The number of nitrogens with zero attached hydrogens (tertiary/aromatic N) is 1. The van der Waals surface area contributed by atoms with Crippen molar-refractivity contribution in [2.24, 2.45) is 11.0 Å². The van der Waals surface area contributed by atoms with Crippen molar-refractivity contribution in [2.75, 3.05) is 18.5 Å². The largest absolute Gasteiger partial charge is 0.484 e. The number of carbonyl (C=O) groups is 3. The quantitative estimate of drug-likeness (QED) is 0.292. The maximum Gasteiger partial charge on any atom is 0.329 e. The molecule has 0 spiro atoms. The molecule has 170 valence electrons. The molecule has 0 heterocycles. The van der Waals surface area contributed by atoms with E-state index in [1.807, 2.05) is 39.8 Å². The van der Waals surface area contributed by atoms with Crippen LogP contribution in [-0.2, 0) is 14.4 Å². The van der Waals surface area contributed by atoms with Gasteiger partial charge in [-0.1, -0.05) is 41.9 Å². The van der Waals surface area contributed by atoms with E-state index >= 15 is 0 Å². The van der Waals surface area contributed by atoms with Crippen LogP contribution in [0.2, 0.25) is 0 Å². The minimum Gasteiger partial charge on any atom is -0.484 e. The van der Waals surface area contributed by atoms with Crippen molar-refractivity contribution in [1.29, 1.82) is 0 Å². The molecule has 0 fully saturated rings. The average molecular weight is 503 g/mol. The molecule has 0 aliphatic rings. The van der Waals surface area contributed by atoms with Gasteiger partial charge in [0.1, 0.15) is 5.75 Å². The van der Waals surface area contributed by atoms with Gasteiger partial charge in [-0.25, -0.2) is 5.43 Å². The number of ether oxygens (including phenoxy) is 1. The van der Waals surface area contributed by atoms with Gasteiger partial charge in [-0.2, -0.15) is 5.10 Å². The Kier molecular flexibility index (Phi) is 9.39. The number of anilines is 1. The highest BCUT2D eigenvalue weighted by Crippen LogP contribution is 2.25. The van der Waals surface area contributed by atoms with Crippen LogP contribution in [-0.4, -0.2) is 37.1 Å². The number of halogens is 1. The van der Waals surface area contributed by atoms with E-state index in [9.17, 15) is 14.4 Å². The highest BCUT2D eigenvalue weighted by molar-refractivity contribution is 9.10. The average Bonchev–Trinajstić information content (AvgIpc) is 2.73. The summed E-state index contributed by atoms with van der Waals surface area (Å²) in [5.74, 6) is -1.16. The highest BCUT2D eigenvalue weighted by atomic mass is 79.9. The second kappa shape index (κ2) is 12.0. The van der Waals surface area contributed by atoms with Crippen molar-refractivity contribution >= 4 is 45.6 Å². The minimum absolute atomic E-state index is 0.164. The highest BCUT2D eigenvalue weighted by Gasteiger charge is 2.12. The lowest BCUT2D eigenvalue weighted by molar-refractivity contribution is -0.139. The fourth-order valence-corrected chi connectivity index (χ4v) is 3.40. The van der Waals surface area contributed by atoms with E-state index in [0.29, 0.717) is 17.9 Å². The molecule has 0 bridgehead atoms. The number of amides is 3. The van der Waals surface area contributed by atoms with Gasteiger partial charge < -0.3 is 15.4 Å². The molecular weight excluding hydrogens is 476 g/mol. The Labute approximate surface area is 195 Å². The van der Waals surface area contributed by atoms with E-state index in [1.165, 1.54) is 6.21 Å². The minimum atomic E-state index is -0.843. The van der Waals surface area contributed by atoms with Crippen molar-refractivity contribution in [3.05, 3.63) is 57.6 Å². The maximum absolute atomic E-state index is 12.3. The summed E-state index contributed by atoms with van der Waals surface area (Å²) in [6.07, 6.45) is 1.38. The first kappa shape index (κ1) is 25.1. The van der Waals surface area contributed by atoms with E-state index in [2.05, 4.69) is 37.1 Å². The predicted molar refractivity (Wildman–Crippen MR) is 128 cm³/mol. The Hall–Kier alpha value is -3.20. The van der Waals surface area contributed by atoms with E-state index in [-0.39, 0.29) is 18.4 Å². The van der Waals surface area contributed by atoms with Crippen LogP contribution in [0, 0.1) is 19.8 Å². The van der Waals surface area contributed by atoms with Crippen LogP contribution >= 0.6 is 15.9 Å². The number of hydrogen-bond donors (Lipinski definition) is 3. The first-order valence-corrected chi connectivity index (χ1v) is 10.9. The number of carbonyl (C=O) groups excluding carboxylic acids is 3. The lowest BCUT2D eigenvalue weighted by Gasteiger charge is -2.13. The monoisotopic (exact) mass is 502 g/mol. The van der Waals surface area contributed by atoms with Crippen molar-refractivity contribution in [3.63, 3.8) is 0 Å². The summed E-state index contributed by atoms with van der Waals surface area (Å²) in [7, 11) is 0. The van der Waals surface area contributed by atoms with Gasteiger partial charge in [0.25, 0.3) is 5.91 Å². The lowest BCUT2D eigenvalue weighted by atomic mass is 10.1. The van der Waals surface area contributed by atoms with Crippen molar-refractivity contribution in [3.8, 4) is 5.75 Å². The molecule has 32 heavy (non-hydrogen) atoms. The Morgan fingerprint density at radius 2 is 1.78 bits per heavy atom. The van der Waals surface area contributed by atoms with Gasteiger partial charge in [-0.15, -0.1) is 0 Å². The molecular formula is C23H27BrN4O4. The molecule has 0 saturated heterocycles. The molecule has 2 aromatic carbocycles. The second-order valence-electron chi connectivity index (χ2n) is 7.63. The predicted octanol–water partition coefficient (Wildman–Crippen LogP) is 3.31. The van der Waals surface area contributed by atoms with Crippen LogP contribution in [0.5, 0.6) is 5.75 Å². The SMILES string of the molecule is Cc1cc(Br)cc(C)c1NC(=O)COc1cccc(/C=N\NC(=O)C(=O)NCC(C)C)c1. The molecule has 0 aliphatic carbocycles. The zero-order chi connectivity index (χ0) is 23.7. The fraction of sp³-hybridized carbons (Fsp3) is 0.304. The third-order valence-electron chi connectivity index (χ3n) is 4.25. The first-order chi connectivity index (χ1) is 15.2. The summed E-state index contributed by atoms with van der Waals surface area (Å²) >= 11 is 3.44. The molecule has 3 N–H and O–H groups in total. The van der Waals surface area contributed by atoms with E-state index in [0.717, 1.165) is 21.3 Å². The number of hydrazone groups is 1. The summed E-state index contributed by atoms with van der Waals surface area (Å²) < 4.78 is 6.52. The number of nitrogens with one attached hydrogen (secondary N) is 3. The Morgan fingerprint density at radius 3 is 2.44 bits per heavy atom. The van der Waals surface area contributed by atoms with Crippen LogP contribution in [0.25, 0.3) is 0 Å². The van der Waals surface area contributed by atoms with Gasteiger partial charge in [-0.3, -0.25) is 14.4 Å². The van der Waals surface area contributed by atoms with Gasteiger partial charge >= 0.3 is 11.8 Å². The number of benzene rings is 2. The zero-order valence-corrected chi connectivity index (χ0v) is 20.1. The fourth-order valence-electron chi connectivity index (χ4n) is 2.71. The molecule has 0 unspecified atom stereocenters. The van der Waals surface area contributed by atoms with Crippen LogP contribution in [0.15, 0.2) is 46.0 Å². The third kappa shape index (κ3) is 8.14. The molecule has 9 heteroatoms. The number of hydrogen-bond acceptors (Lipinski definition) is 5. The standard InChI is InChI=1S/C23H27BrN4O4/c1-14(2)11-25-22(30)23(31)28-26-12-17-6-5-7-19(10-17)32-13-20(29)27-21-15(3)8-18(24)9-16(21)4/h5-10,12,14H,11,13H2,1-4H3,(H,25,30)(H,27,29)(H,28,31)/b26-12-.